The van der Waals surface area contributed by atoms with E-state index < -0.39 is 17.6 Å². The van der Waals surface area contributed by atoms with Gasteiger partial charge in [-0.2, -0.15) is 0 Å². The molecule has 0 aliphatic carbocycles. The number of nitrogens with one attached hydrogen (secondary N) is 3. The monoisotopic (exact) mass is 553 g/mol. The summed E-state index contributed by atoms with van der Waals surface area (Å²) in [6.07, 6.45) is 1.48. The molecule has 6 nitrogen and oxygen atoms in total. The van der Waals surface area contributed by atoms with Gasteiger partial charge in [0, 0.05) is 21.8 Å². The Bertz CT molecular complexity index is 1530. The maximum atomic E-state index is 13.4. The van der Waals surface area contributed by atoms with Gasteiger partial charge in [0.2, 0.25) is 5.91 Å². The second kappa shape index (κ2) is 13.4. The van der Waals surface area contributed by atoms with Crippen LogP contribution in [0.4, 0.5) is 15.8 Å². The first-order valence-corrected chi connectivity index (χ1v) is 13.5. The quantitative estimate of drug-likeness (QED) is 0.161. The SMILES string of the molecule is Cc1cc(C)cc(NC(=O)CSc2cccc(NC(=O)/C(=C/c3ccc(F)cc3)NC(=O)c3ccccc3)c2)c1. The van der Waals surface area contributed by atoms with Gasteiger partial charge in [0.25, 0.3) is 11.8 Å². The van der Waals surface area contributed by atoms with E-state index in [0.29, 0.717) is 16.8 Å². The number of rotatable bonds is 9. The van der Waals surface area contributed by atoms with Gasteiger partial charge >= 0.3 is 0 Å². The molecule has 3 amide bonds. The number of aryl methyl sites for hydroxylation is 2. The molecule has 0 atom stereocenters. The number of amides is 3. The first kappa shape index (κ1) is 28.3. The van der Waals surface area contributed by atoms with Crippen molar-refractivity contribution in [1.82, 2.24) is 5.32 Å². The van der Waals surface area contributed by atoms with E-state index in [0.717, 1.165) is 21.7 Å². The van der Waals surface area contributed by atoms with Gasteiger partial charge in [-0.15, -0.1) is 11.8 Å². The molecule has 0 aromatic heterocycles. The molecule has 3 N–H and O–H groups in total. The topological polar surface area (TPSA) is 87.3 Å². The zero-order chi connectivity index (χ0) is 28.5. The van der Waals surface area contributed by atoms with Gasteiger partial charge in [0.1, 0.15) is 11.5 Å². The van der Waals surface area contributed by atoms with E-state index in [1.807, 2.05) is 38.1 Å². The number of hydrogen-bond acceptors (Lipinski definition) is 4. The largest absolute Gasteiger partial charge is 0.325 e. The van der Waals surface area contributed by atoms with Crippen molar-refractivity contribution >= 4 is 46.9 Å². The fourth-order valence-electron chi connectivity index (χ4n) is 3.92. The van der Waals surface area contributed by atoms with Crippen LogP contribution in [0.5, 0.6) is 0 Å². The van der Waals surface area contributed by atoms with Crippen molar-refractivity contribution in [3.8, 4) is 0 Å². The Kier molecular flexibility index (Phi) is 9.48. The molecule has 0 aliphatic rings. The Labute approximate surface area is 236 Å². The number of halogens is 1. The summed E-state index contributed by atoms with van der Waals surface area (Å²) in [5, 5.41) is 8.37. The van der Waals surface area contributed by atoms with E-state index in [4.69, 9.17) is 0 Å². The minimum absolute atomic E-state index is 0.00802. The Morgan fingerprint density at radius 3 is 2.17 bits per heavy atom. The standard InChI is InChI=1S/C32H28FN3O3S/c1-21-15-22(2)17-27(16-21)34-30(37)20-40-28-10-6-9-26(19-28)35-32(39)29(18-23-11-13-25(33)14-12-23)36-31(38)24-7-4-3-5-8-24/h3-19H,20H2,1-2H3,(H,34,37)(H,35,39)(H,36,38)/b29-18-. The molecule has 40 heavy (non-hydrogen) atoms. The van der Waals surface area contributed by atoms with Gasteiger partial charge in [-0.05, 0) is 91.2 Å². The van der Waals surface area contributed by atoms with Crippen LogP contribution in [-0.2, 0) is 9.59 Å². The predicted octanol–water partition coefficient (Wildman–Crippen LogP) is 6.58. The molecule has 4 rings (SSSR count). The van der Waals surface area contributed by atoms with Crippen LogP contribution in [0.15, 0.2) is 108 Å². The molecule has 0 unspecified atom stereocenters. The van der Waals surface area contributed by atoms with Crippen LogP contribution in [0.2, 0.25) is 0 Å². The summed E-state index contributed by atoms with van der Waals surface area (Å²) in [5.74, 6) is -1.37. The molecular weight excluding hydrogens is 525 g/mol. The van der Waals surface area contributed by atoms with Gasteiger partial charge in [-0.25, -0.2) is 4.39 Å². The van der Waals surface area contributed by atoms with Crippen molar-refractivity contribution in [2.75, 3.05) is 16.4 Å². The van der Waals surface area contributed by atoms with Crippen molar-refractivity contribution < 1.29 is 18.8 Å². The summed E-state index contributed by atoms with van der Waals surface area (Å²) < 4.78 is 13.4. The van der Waals surface area contributed by atoms with Crippen molar-refractivity contribution in [1.29, 1.82) is 0 Å². The highest BCUT2D eigenvalue weighted by Crippen LogP contribution is 2.23. The number of carbonyl (C=O) groups is 3. The molecule has 4 aromatic carbocycles. The maximum Gasteiger partial charge on any atom is 0.272 e. The molecule has 4 aromatic rings. The molecule has 0 heterocycles. The number of hydrogen-bond donors (Lipinski definition) is 3. The van der Waals surface area contributed by atoms with E-state index in [-0.39, 0.29) is 17.4 Å². The molecule has 0 aliphatic heterocycles. The Balaban J connectivity index is 1.44. The smallest absolute Gasteiger partial charge is 0.272 e. The van der Waals surface area contributed by atoms with Crippen LogP contribution in [0, 0.1) is 19.7 Å². The van der Waals surface area contributed by atoms with E-state index in [2.05, 4.69) is 16.0 Å². The van der Waals surface area contributed by atoms with Crippen LogP contribution in [0.1, 0.15) is 27.0 Å². The lowest BCUT2D eigenvalue weighted by atomic mass is 10.1. The fraction of sp³-hybridized carbons (Fsp3) is 0.0938. The lowest BCUT2D eigenvalue weighted by Crippen LogP contribution is -2.30. The third-order valence-corrected chi connectivity index (χ3v) is 6.67. The fourth-order valence-corrected chi connectivity index (χ4v) is 4.68. The zero-order valence-corrected chi connectivity index (χ0v) is 22.8. The van der Waals surface area contributed by atoms with Crippen molar-refractivity contribution in [3.63, 3.8) is 0 Å². The lowest BCUT2D eigenvalue weighted by Gasteiger charge is -2.12. The summed E-state index contributed by atoms with van der Waals surface area (Å²) >= 11 is 1.33. The molecule has 8 heteroatoms. The Morgan fingerprint density at radius 1 is 0.775 bits per heavy atom. The summed E-state index contributed by atoms with van der Waals surface area (Å²) in [4.78, 5) is 39.3. The predicted molar refractivity (Wildman–Crippen MR) is 159 cm³/mol. The van der Waals surface area contributed by atoms with E-state index in [1.54, 1.807) is 48.5 Å². The van der Waals surface area contributed by atoms with Crippen molar-refractivity contribution in [2.45, 2.75) is 18.7 Å². The highest BCUT2D eigenvalue weighted by molar-refractivity contribution is 8.00. The highest BCUT2D eigenvalue weighted by Gasteiger charge is 2.15. The van der Waals surface area contributed by atoms with E-state index in [1.165, 1.54) is 42.1 Å². The van der Waals surface area contributed by atoms with Gasteiger partial charge in [0.15, 0.2) is 0 Å². The molecular formula is C32H28FN3O3S. The molecule has 0 fully saturated rings. The maximum absolute atomic E-state index is 13.4. The first-order chi connectivity index (χ1) is 19.2. The molecule has 202 valence electrons. The lowest BCUT2D eigenvalue weighted by molar-refractivity contribution is -0.114. The number of thioether (sulfide) groups is 1. The average Bonchev–Trinajstić information content (AvgIpc) is 2.93. The summed E-state index contributed by atoms with van der Waals surface area (Å²) in [5.41, 5.74) is 4.30. The van der Waals surface area contributed by atoms with E-state index in [9.17, 15) is 18.8 Å². The van der Waals surface area contributed by atoms with Crippen LogP contribution in [-0.4, -0.2) is 23.5 Å². The van der Waals surface area contributed by atoms with Crippen LogP contribution >= 0.6 is 11.8 Å². The number of benzene rings is 4. The molecule has 0 saturated carbocycles. The summed E-state index contributed by atoms with van der Waals surface area (Å²) in [6, 6.07) is 27.0. The highest BCUT2D eigenvalue weighted by atomic mass is 32.2. The van der Waals surface area contributed by atoms with Crippen LogP contribution in [0.3, 0.4) is 0 Å². The molecule has 0 saturated heterocycles. The molecule has 0 radical (unpaired) electrons. The van der Waals surface area contributed by atoms with Gasteiger partial charge in [-0.1, -0.05) is 42.5 Å². The van der Waals surface area contributed by atoms with E-state index >= 15 is 0 Å². The summed E-state index contributed by atoms with van der Waals surface area (Å²) in [6.45, 7) is 3.95. The van der Waals surface area contributed by atoms with Crippen LogP contribution in [0.25, 0.3) is 6.08 Å². The normalized spacial score (nSPS) is 11.0. The minimum atomic E-state index is -0.552. The zero-order valence-electron chi connectivity index (χ0n) is 22.0. The van der Waals surface area contributed by atoms with Gasteiger partial charge in [-0.3, -0.25) is 14.4 Å². The number of anilines is 2. The second-order valence-corrected chi connectivity index (χ2v) is 10.2. The van der Waals surface area contributed by atoms with Crippen molar-refractivity contribution in [3.05, 3.63) is 131 Å². The second-order valence-electron chi connectivity index (χ2n) is 9.12. The van der Waals surface area contributed by atoms with Crippen molar-refractivity contribution in [2.24, 2.45) is 0 Å². The molecule has 0 bridgehead atoms. The minimum Gasteiger partial charge on any atom is -0.325 e. The van der Waals surface area contributed by atoms with Gasteiger partial charge in [0.05, 0.1) is 5.75 Å². The average molecular weight is 554 g/mol. The molecule has 0 spiro atoms. The Hall–Kier alpha value is -4.69. The third kappa shape index (κ3) is 8.41. The number of carbonyl (C=O) groups excluding carboxylic acids is 3. The third-order valence-electron chi connectivity index (χ3n) is 5.68. The van der Waals surface area contributed by atoms with Crippen LogP contribution < -0.4 is 16.0 Å². The van der Waals surface area contributed by atoms with Gasteiger partial charge < -0.3 is 16.0 Å². The summed E-state index contributed by atoms with van der Waals surface area (Å²) in [7, 11) is 0. The first-order valence-electron chi connectivity index (χ1n) is 12.5. The Morgan fingerprint density at radius 2 is 1.48 bits per heavy atom.